The molecule has 4 N–H and O–H groups in total. The highest BCUT2D eigenvalue weighted by Gasteiger charge is 2.15. The van der Waals surface area contributed by atoms with Gasteiger partial charge in [0, 0.05) is 12.5 Å². The molecule has 0 spiro atoms. The molecule has 0 radical (unpaired) electrons. The molecule has 1 atom stereocenters. The van der Waals surface area contributed by atoms with Crippen molar-refractivity contribution in [2.45, 2.75) is 38.6 Å². The Balaban J connectivity index is 2.22. The Morgan fingerprint density at radius 2 is 2.25 bits per heavy atom. The van der Waals surface area contributed by atoms with Gasteiger partial charge in [-0.2, -0.15) is 11.8 Å². The van der Waals surface area contributed by atoms with E-state index in [-0.39, 0.29) is 0 Å². The summed E-state index contributed by atoms with van der Waals surface area (Å²) in [5.41, 5.74) is 5.51. The lowest BCUT2D eigenvalue weighted by atomic mass is 10.0. The first-order chi connectivity index (χ1) is 7.76. The van der Waals surface area contributed by atoms with Crippen molar-refractivity contribution in [2.24, 2.45) is 16.8 Å². The Labute approximate surface area is 102 Å². The fourth-order valence-corrected chi connectivity index (χ4v) is 3.14. The topological polar surface area (TPSA) is 70.6 Å². The van der Waals surface area contributed by atoms with E-state index in [0.717, 1.165) is 18.9 Å². The molecule has 1 heterocycles. The minimum absolute atomic E-state index is 0.318. The molecule has 0 bridgehead atoms. The van der Waals surface area contributed by atoms with Gasteiger partial charge in [0.15, 0.2) is 0 Å². The second-order valence-electron chi connectivity index (χ2n) is 4.36. The number of amidine groups is 1. The van der Waals surface area contributed by atoms with Crippen molar-refractivity contribution in [1.82, 2.24) is 5.32 Å². The van der Waals surface area contributed by atoms with Gasteiger partial charge in [0.25, 0.3) is 0 Å². The first-order valence-corrected chi connectivity index (χ1v) is 7.19. The summed E-state index contributed by atoms with van der Waals surface area (Å²) in [6.45, 7) is 3.19. The SMILES string of the molecule is CCC(CC(N)=NO)NCC1CCSCC1. The lowest BCUT2D eigenvalue weighted by Crippen LogP contribution is -2.37. The molecule has 1 rings (SSSR count). The maximum Gasteiger partial charge on any atom is 0.140 e. The highest BCUT2D eigenvalue weighted by Crippen LogP contribution is 2.22. The van der Waals surface area contributed by atoms with Gasteiger partial charge in [0.05, 0.1) is 0 Å². The van der Waals surface area contributed by atoms with Crippen molar-refractivity contribution in [2.75, 3.05) is 18.1 Å². The van der Waals surface area contributed by atoms with E-state index in [9.17, 15) is 0 Å². The maximum absolute atomic E-state index is 8.53. The molecule has 0 saturated carbocycles. The largest absolute Gasteiger partial charge is 0.409 e. The normalized spacial score (nSPS) is 20.9. The van der Waals surface area contributed by atoms with Crippen LogP contribution in [0.2, 0.25) is 0 Å². The third-order valence-corrected chi connectivity index (χ3v) is 4.16. The van der Waals surface area contributed by atoms with Gasteiger partial charge >= 0.3 is 0 Å². The summed E-state index contributed by atoms with van der Waals surface area (Å²) in [5, 5.41) is 15.1. The summed E-state index contributed by atoms with van der Waals surface area (Å²) >= 11 is 2.05. The molecular formula is C11H23N3OS. The minimum atomic E-state index is 0.318. The molecule has 0 aromatic carbocycles. The molecule has 4 nitrogen and oxygen atoms in total. The van der Waals surface area contributed by atoms with Crippen LogP contribution in [0.15, 0.2) is 5.16 Å². The second kappa shape index (κ2) is 7.79. The summed E-state index contributed by atoms with van der Waals surface area (Å²) in [6.07, 6.45) is 4.28. The van der Waals surface area contributed by atoms with Crippen molar-refractivity contribution in [1.29, 1.82) is 0 Å². The summed E-state index contributed by atoms with van der Waals surface area (Å²) < 4.78 is 0. The van der Waals surface area contributed by atoms with Gasteiger partial charge in [0.2, 0.25) is 0 Å². The van der Waals surface area contributed by atoms with Crippen molar-refractivity contribution in [3.63, 3.8) is 0 Å². The fourth-order valence-electron chi connectivity index (χ4n) is 1.94. The lowest BCUT2D eigenvalue weighted by Gasteiger charge is -2.24. The monoisotopic (exact) mass is 245 g/mol. The third kappa shape index (κ3) is 5.07. The summed E-state index contributed by atoms with van der Waals surface area (Å²) in [5.74, 6) is 3.72. The maximum atomic E-state index is 8.53. The second-order valence-corrected chi connectivity index (χ2v) is 5.59. The zero-order valence-electron chi connectivity index (χ0n) is 9.98. The molecule has 94 valence electrons. The molecule has 0 aliphatic carbocycles. The first-order valence-electron chi connectivity index (χ1n) is 6.03. The van der Waals surface area contributed by atoms with Gasteiger partial charge in [-0.25, -0.2) is 0 Å². The zero-order chi connectivity index (χ0) is 11.8. The highest BCUT2D eigenvalue weighted by atomic mass is 32.2. The van der Waals surface area contributed by atoms with E-state index in [1.165, 1.54) is 24.3 Å². The Morgan fingerprint density at radius 3 is 2.81 bits per heavy atom. The number of nitrogens with two attached hydrogens (primary N) is 1. The smallest absolute Gasteiger partial charge is 0.140 e. The van der Waals surface area contributed by atoms with Gasteiger partial charge in [0.1, 0.15) is 5.84 Å². The average Bonchev–Trinajstić information content (AvgIpc) is 2.35. The van der Waals surface area contributed by atoms with Crippen LogP contribution >= 0.6 is 11.8 Å². The van der Waals surface area contributed by atoms with Gasteiger partial charge < -0.3 is 16.3 Å². The molecule has 1 unspecified atom stereocenters. The average molecular weight is 245 g/mol. The van der Waals surface area contributed by atoms with Crippen LogP contribution in [0, 0.1) is 5.92 Å². The van der Waals surface area contributed by atoms with Gasteiger partial charge in [-0.15, -0.1) is 0 Å². The molecule has 1 saturated heterocycles. The van der Waals surface area contributed by atoms with Crippen LogP contribution in [0.1, 0.15) is 32.6 Å². The summed E-state index contributed by atoms with van der Waals surface area (Å²) in [7, 11) is 0. The molecule has 16 heavy (non-hydrogen) atoms. The summed E-state index contributed by atoms with van der Waals surface area (Å²) in [4.78, 5) is 0. The Kier molecular flexibility index (Phi) is 6.64. The highest BCUT2D eigenvalue weighted by molar-refractivity contribution is 7.99. The molecule has 5 heteroatoms. The third-order valence-electron chi connectivity index (χ3n) is 3.11. The minimum Gasteiger partial charge on any atom is -0.409 e. The predicted molar refractivity (Wildman–Crippen MR) is 70.2 cm³/mol. The Bertz CT molecular complexity index is 217. The Morgan fingerprint density at radius 1 is 1.56 bits per heavy atom. The number of thioether (sulfide) groups is 1. The number of rotatable bonds is 6. The number of oxime groups is 1. The van der Waals surface area contributed by atoms with Crippen LogP contribution in [0.3, 0.4) is 0 Å². The van der Waals surface area contributed by atoms with Gasteiger partial charge in [-0.1, -0.05) is 12.1 Å². The lowest BCUT2D eigenvalue weighted by molar-refractivity contribution is 0.314. The number of nitrogens with zero attached hydrogens (tertiary/aromatic N) is 1. The van der Waals surface area contributed by atoms with E-state index >= 15 is 0 Å². The van der Waals surface area contributed by atoms with Crippen molar-refractivity contribution in [3.05, 3.63) is 0 Å². The number of hydrogen-bond acceptors (Lipinski definition) is 4. The molecule has 1 aliphatic rings. The Hall–Kier alpha value is -0.420. The molecule has 1 fully saturated rings. The van der Waals surface area contributed by atoms with E-state index in [2.05, 4.69) is 29.2 Å². The van der Waals surface area contributed by atoms with Crippen LogP contribution in [-0.2, 0) is 0 Å². The van der Waals surface area contributed by atoms with Crippen LogP contribution in [0.25, 0.3) is 0 Å². The van der Waals surface area contributed by atoms with E-state index in [1.54, 1.807) is 0 Å². The van der Waals surface area contributed by atoms with Crippen LogP contribution in [0.5, 0.6) is 0 Å². The summed E-state index contributed by atoms with van der Waals surface area (Å²) in [6, 6.07) is 0.338. The first kappa shape index (κ1) is 13.6. The van der Waals surface area contributed by atoms with Crippen LogP contribution in [0.4, 0.5) is 0 Å². The standard InChI is InChI=1S/C11H23N3OS/c1-2-10(7-11(12)14-15)13-8-9-3-5-16-6-4-9/h9-10,13,15H,2-8H2,1H3,(H2,12,14). The fraction of sp³-hybridized carbons (Fsp3) is 0.909. The van der Waals surface area contributed by atoms with Crippen LogP contribution in [-0.4, -0.2) is 35.1 Å². The molecule has 0 aromatic rings. The molecular weight excluding hydrogens is 222 g/mol. The number of hydrogen-bond donors (Lipinski definition) is 3. The predicted octanol–water partition coefficient (Wildman–Crippen LogP) is 1.63. The van der Waals surface area contributed by atoms with Crippen molar-refractivity contribution >= 4 is 17.6 Å². The van der Waals surface area contributed by atoms with Crippen molar-refractivity contribution in [3.8, 4) is 0 Å². The quantitative estimate of drug-likeness (QED) is 0.288. The van der Waals surface area contributed by atoms with E-state index in [4.69, 9.17) is 10.9 Å². The van der Waals surface area contributed by atoms with E-state index in [1.807, 2.05) is 0 Å². The zero-order valence-corrected chi connectivity index (χ0v) is 10.8. The van der Waals surface area contributed by atoms with Gasteiger partial charge in [-0.05, 0) is 43.2 Å². The number of nitrogens with one attached hydrogen (secondary N) is 1. The van der Waals surface area contributed by atoms with Gasteiger partial charge in [-0.3, -0.25) is 0 Å². The van der Waals surface area contributed by atoms with Crippen molar-refractivity contribution < 1.29 is 5.21 Å². The molecule has 1 aliphatic heterocycles. The molecule has 0 aromatic heterocycles. The van der Waals surface area contributed by atoms with E-state index in [0.29, 0.717) is 18.3 Å². The van der Waals surface area contributed by atoms with Crippen LogP contribution < -0.4 is 11.1 Å². The molecule has 0 amide bonds. The van der Waals surface area contributed by atoms with E-state index < -0.39 is 0 Å².